The Labute approximate surface area is 168 Å². The highest BCUT2D eigenvalue weighted by molar-refractivity contribution is 7.16. The first-order valence-corrected chi connectivity index (χ1v) is 9.44. The highest BCUT2D eigenvalue weighted by Gasteiger charge is 2.15. The molecule has 1 aromatic heterocycles. The van der Waals surface area contributed by atoms with Crippen LogP contribution in [0, 0.1) is 15.9 Å². The number of halogens is 1. The molecule has 0 aliphatic rings. The van der Waals surface area contributed by atoms with Gasteiger partial charge in [0.2, 0.25) is 0 Å². The van der Waals surface area contributed by atoms with Gasteiger partial charge in [0.15, 0.2) is 4.80 Å². The van der Waals surface area contributed by atoms with Gasteiger partial charge in [-0.05, 0) is 30.7 Å². The Morgan fingerprint density at radius 2 is 1.97 bits per heavy atom. The fraction of sp³-hybridized carbons (Fsp3) is 0.211. The van der Waals surface area contributed by atoms with Gasteiger partial charge in [0, 0.05) is 12.1 Å². The van der Waals surface area contributed by atoms with Gasteiger partial charge >= 0.3 is 5.97 Å². The lowest BCUT2D eigenvalue weighted by atomic mass is 10.1. The van der Waals surface area contributed by atoms with Gasteiger partial charge in [-0.3, -0.25) is 19.7 Å². The van der Waals surface area contributed by atoms with Crippen LogP contribution < -0.4 is 4.80 Å². The summed E-state index contributed by atoms with van der Waals surface area (Å²) in [5.41, 5.74) is 1.02. The van der Waals surface area contributed by atoms with Gasteiger partial charge in [-0.2, -0.15) is 4.99 Å². The number of amides is 1. The summed E-state index contributed by atoms with van der Waals surface area (Å²) in [7, 11) is 0. The molecule has 8 nitrogen and oxygen atoms in total. The second kappa shape index (κ2) is 8.74. The third kappa shape index (κ3) is 4.91. The monoisotopic (exact) mass is 417 g/mol. The number of fused-ring (bicyclic) bond motifs is 1. The Balaban J connectivity index is 2.02. The van der Waals surface area contributed by atoms with E-state index in [0.717, 1.165) is 11.3 Å². The smallest absolute Gasteiger partial charge is 0.326 e. The predicted octanol–water partition coefficient (Wildman–Crippen LogP) is 2.98. The van der Waals surface area contributed by atoms with Crippen LogP contribution in [0.15, 0.2) is 47.5 Å². The second-order valence-corrected chi connectivity index (χ2v) is 7.00. The summed E-state index contributed by atoms with van der Waals surface area (Å²) in [6.07, 6.45) is -0.0475. The summed E-state index contributed by atoms with van der Waals surface area (Å²) in [6.45, 7) is 1.69. The Morgan fingerprint density at radius 3 is 2.62 bits per heavy atom. The number of aromatic nitrogens is 1. The Morgan fingerprint density at radius 1 is 1.24 bits per heavy atom. The van der Waals surface area contributed by atoms with Crippen molar-refractivity contribution in [2.24, 2.45) is 4.99 Å². The molecule has 2 aromatic carbocycles. The van der Waals surface area contributed by atoms with E-state index < -0.39 is 22.6 Å². The summed E-state index contributed by atoms with van der Waals surface area (Å²) >= 11 is 1.06. The molecule has 0 radical (unpaired) electrons. The maximum Gasteiger partial charge on any atom is 0.326 e. The van der Waals surface area contributed by atoms with Crippen molar-refractivity contribution >= 4 is 39.1 Å². The minimum absolute atomic E-state index is 0.0475. The van der Waals surface area contributed by atoms with Crippen LogP contribution in [0.2, 0.25) is 0 Å². The van der Waals surface area contributed by atoms with E-state index in [9.17, 15) is 24.1 Å². The molecule has 0 bridgehead atoms. The summed E-state index contributed by atoms with van der Waals surface area (Å²) in [5.74, 6) is -1.41. The number of ether oxygens (including phenoxy) is 1. The maximum absolute atomic E-state index is 13.0. The van der Waals surface area contributed by atoms with E-state index >= 15 is 0 Å². The molecule has 1 heterocycles. The molecule has 3 rings (SSSR count). The average molecular weight is 417 g/mol. The number of rotatable bonds is 6. The number of hydrogen-bond donors (Lipinski definition) is 0. The molecular weight excluding hydrogens is 401 g/mol. The molecule has 10 heteroatoms. The molecule has 0 fully saturated rings. The minimum Gasteiger partial charge on any atom is -0.465 e. The van der Waals surface area contributed by atoms with E-state index in [0.29, 0.717) is 15.8 Å². The molecule has 0 aliphatic carbocycles. The van der Waals surface area contributed by atoms with Crippen molar-refractivity contribution in [3.8, 4) is 0 Å². The molecule has 0 spiro atoms. The van der Waals surface area contributed by atoms with Crippen LogP contribution in [0.1, 0.15) is 12.5 Å². The highest BCUT2D eigenvalue weighted by Crippen LogP contribution is 2.23. The van der Waals surface area contributed by atoms with Gasteiger partial charge in [0.25, 0.3) is 11.6 Å². The number of thiazole rings is 1. The molecule has 150 valence electrons. The molecule has 0 aliphatic heterocycles. The van der Waals surface area contributed by atoms with E-state index in [2.05, 4.69) is 4.99 Å². The van der Waals surface area contributed by atoms with Crippen LogP contribution in [0.4, 0.5) is 10.1 Å². The Hall–Kier alpha value is -3.40. The quantitative estimate of drug-likeness (QED) is 0.348. The number of nitro groups is 1. The number of nitrogens with zero attached hydrogens (tertiary/aromatic N) is 3. The van der Waals surface area contributed by atoms with E-state index in [1.165, 1.54) is 47.0 Å². The molecular formula is C19H16FN3O5S. The van der Waals surface area contributed by atoms with Gasteiger partial charge in [-0.25, -0.2) is 4.39 Å². The zero-order valence-corrected chi connectivity index (χ0v) is 16.1. The molecule has 3 aromatic rings. The Bertz CT molecular complexity index is 1150. The first-order chi connectivity index (χ1) is 13.9. The molecule has 1 amide bonds. The number of non-ortho nitro benzene ring substituents is 1. The topological polar surface area (TPSA) is 104 Å². The van der Waals surface area contributed by atoms with Crippen molar-refractivity contribution in [2.75, 3.05) is 6.61 Å². The molecule has 29 heavy (non-hydrogen) atoms. The molecule has 0 unspecified atom stereocenters. The fourth-order valence-corrected chi connectivity index (χ4v) is 3.75. The third-order valence-corrected chi connectivity index (χ3v) is 5.00. The Kier molecular flexibility index (Phi) is 6.13. The number of carbonyl (C=O) groups excluding carboxylic acids is 2. The standard InChI is InChI=1S/C19H16FN3O5S/c1-2-28-18(25)11-22-15-8-7-14(23(26)27)10-16(15)29-19(22)21-17(24)9-12-3-5-13(20)6-4-12/h3-8,10H,2,9,11H2,1H3. The van der Waals surface area contributed by atoms with E-state index in [1.54, 1.807) is 6.92 Å². The zero-order chi connectivity index (χ0) is 21.0. The van der Waals surface area contributed by atoms with Crippen LogP contribution in [-0.4, -0.2) is 28.0 Å². The predicted molar refractivity (Wildman–Crippen MR) is 104 cm³/mol. The highest BCUT2D eigenvalue weighted by atomic mass is 32.1. The number of nitro benzene ring substituents is 1. The van der Waals surface area contributed by atoms with Crippen LogP contribution >= 0.6 is 11.3 Å². The second-order valence-electron chi connectivity index (χ2n) is 5.99. The third-order valence-electron chi connectivity index (χ3n) is 3.96. The molecule has 0 atom stereocenters. The number of esters is 1. The van der Waals surface area contributed by atoms with Crippen molar-refractivity contribution in [2.45, 2.75) is 19.9 Å². The van der Waals surface area contributed by atoms with Gasteiger partial charge in [0.05, 0.1) is 28.2 Å². The SMILES string of the molecule is CCOC(=O)Cn1c(=NC(=O)Cc2ccc(F)cc2)sc2cc([N+](=O)[O-])ccc21. The largest absolute Gasteiger partial charge is 0.465 e. The number of carbonyl (C=O) groups is 2. The van der Waals surface area contributed by atoms with Gasteiger partial charge < -0.3 is 9.30 Å². The van der Waals surface area contributed by atoms with Crippen LogP contribution in [0.25, 0.3) is 10.2 Å². The summed E-state index contributed by atoms with van der Waals surface area (Å²) in [4.78, 5) is 39.2. The van der Waals surface area contributed by atoms with E-state index in [1.807, 2.05) is 0 Å². The van der Waals surface area contributed by atoms with Crippen molar-refractivity contribution in [1.82, 2.24) is 4.57 Å². The lowest BCUT2D eigenvalue weighted by Crippen LogP contribution is -2.23. The van der Waals surface area contributed by atoms with Gasteiger partial charge in [-0.1, -0.05) is 23.5 Å². The number of benzene rings is 2. The summed E-state index contributed by atoms with van der Waals surface area (Å²) in [6, 6.07) is 9.68. The lowest BCUT2D eigenvalue weighted by Gasteiger charge is -2.05. The van der Waals surface area contributed by atoms with Gasteiger partial charge in [0.1, 0.15) is 12.4 Å². The molecule has 0 saturated heterocycles. The van der Waals surface area contributed by atoms with Crippen molar-refractivity contribution in [3.05, 3.63) is 68.8 Å². The van der Waals surface area contributed by atoms with Crippen molar-refractivity contribution in [3.63, 3.8) is 0 Å². The maximum atomic E-state index is 13.0. The first kappa shape index (κ1) is 20.3. The van der Waals surface area contributed by atoms with Crippen LogP contribution in [0.5, 0.6) is 0 Å². The molecule has 0 N–H and O–H groups in total. The molecule has 0 saturated carbocycles. The van der Waals surface area contributed by atoms with E-state index in [4.69, 9.17) is 4.74 Å². The number of hydrogen-bond acceptors (Lipinski definition) is 6. The first-order valence-electron chi connectivity index (χ1n) is 8.62. The zero-order valence-electron chi connectivity index (χ0n) is 15.3. The normalized spacial score (nSPS) is 11.6. The average Bonchev–Trinajstić information content (AvgIpc) is 3.00. The van der Waals surface area contributed by atoms with Crippen LogP contribution in [0.3, 0.4) is 0 Å². The van der Waals surface area contributed by atoms with Crippen molar-refractivity contribution in [1.29, 1.82) is 0 Å². The van der Waals surface area contributed by atoms with E-state index in [-0.39, 0.29) is 30.1 Å². The fourth-order valence-electron chi connectivity index (χ4n) is 2.67. The summed E-state index contributed by atoms with van der Waals surface area (Å²) in [5, 5.41) is 11.0. The van der Waals surface area contributed by atoms with Crippen molar-refractivity contribution < 1.29 is 23.6 Å². The minimum atomic E-state index is -0.522. The van der Waals surface area contributed by atoms with Gasteiger partial charge in [-0.15, -0.1) is 0 Å². The summed E-state index contributed by atoms with van der Waals surface area (Å²) < 4.78 is 20.0. The lowest BCUT2D eigenvalue weighted by molar-refractivity contribution is -0.384. The van der Waals surface area contributed by atoms with Crippen LogP contribution in [-0.2, 0) is 27.3 Å².